The lowest BCUT2D eigenvalue weighted by Gasteiger charge is -2.18. The zero-order chi connectivity index (χ0) is 18.9. The van der Waals surface area contributed by atoms with Crippen LogP contribution in [0.1, 0.15) is 32.3 Å². The molecule has 3 N–H and O–H groups in total. The van der Waals surface area contributed by atoms with Gasteiger partial charge in [-0.1, -0.05) is 68.4 Å². The third-order valence-corrected chi connectivity index (χ3v) is 4.21. The molecule has 2 aromatic rings. The third kappa shape index (κ3) is 6.01. The van der Waals surface area contributed by atoms with Gasteiger partial charge in [-0.25, -0.2) is 5.48 Å². The first-order valence-electron chi connectivity index (χ1n) is 8.84. The number of hydroxylamine groups is 1. The Labute approximate surface area is 154 Å². The fraction of sp³-hybridized carbons (Fsp3) is 0.333. The van der Waals surface area contributed by atoms with Crippen molar-refractivity contribution in [3.8, 4) is 11.1 Å². The van der Waals surface area contributed by atoms with E-state index >= 15 is 0 Å². The van der Waals surface area contributed by atoms with Gasteiger partial charge in [0, 0.05) is 18.9 Å². The van der Waals surface area contributed by atoms with Gasteiger partial charge in [0.25, 0.3) is 0 Å². The molecule has 0 radical (unpaired) electrons. The fourth-order valence-electron chi connectivity index (χ4n) is 2.90. The van der Waals surface area contributed by atoms with Gasteiger partial charge < -0.3 is 5.32 Å². The minimum Gasteiger partial charge on any atom is -0.352 e. The number of carbonyl (C=O) groups excluding carboxylic acids is 2. The number of amides is 2. The summed E-state index contributed by atoms with van der Waals surface area (Å²) in [6.07, 6.45) is 0.569. The number of hydrogen-bond donors (Lipinski definition) is 3. The Balaban J connectivity index is 1.95. The van der Waals surface area contributed by atoms with Crippen LogP contribution in [-0.2, 0) is 16.1 Å². The summed E-state index contributed by atoms with van der Waals surface area (Å²) in [5.41, 5.74) is 4.87. The van der Waals surface area contributed by atoms with Gasteiger partial charge in [-0.05, 0) is 29.0 Å². The van der Waals surface area contributed by atoms with E-state index in [0.29, 0.717) is 13.0 Å². The second kappa shape index (κ2) is 9.73. The van der Waals surface area contributed by atoms with E-state index in [-0.39, 0.29) is 18.2 Å². The second-order valence-electron chi connectivity index (χ2n) is 6.85. The first-order chi connectivity index (χ1) is 12.5. The monoisotopic (exact) mass is 354 g/mol. The van der Waals surface area contributed by atoms with E-state index < -0.39 is 11.8 Å². The second-order valence-corrected chi connectivity index (χ2v) is 6.85. The van der Waals surface area contributed by atoms with Gasteiger partial charge in [-0.2, -0.15) is 0 Å². The summed E-state index contributed by atoms with van der Waals surface area (Å²) in [5, 5.41) is 11.6. The largest absolute Gasteiger partial charge is 0.352 e. The van der Waals surface area contributed by atoms with Crippen molar-refractivity contribution in [3.63, 3.8) is 0 Å². The summed E-state index contributed by atoms with van der Waals surface area (Å²) in [4.78, 5) is 23.8. The average Bonchev–Trinajstić information content (AvgIpc) is 2.66. The van der Waals surface area contributed by atoms with E-state index in [1.807, 2.05) is 56.3 Å². The van der Waals surface area contributed by atoms with E-state index in [4.69, 9.17) is 5.21 Å². The van der Waals surface area contributed by atoms with E-state index in [9.17, 15) is 9.59 Å². The Morgan fingerprint density at radius 3 is 2.15 bits per heavy atom. The lowest BCUT2D eigenvalue weighted by atomic mass is 9.93. The molecule has 1 atom stereocenters. The van der Waals surface area contributed by atoms with Crippen LogP contribution in [-0.4, -0.2) is 17.0 Å². The first-order valence-corrected chi connectivity index (χ1v) is 8.84. The molecular formula is C21H26N2O3. The van der Waals surface area contributed by atoms with Crippen molar-refractivity contribution in [1.82, 2.24) is 10.8 Å². The smallest absolute Gasteiger partial charge is 0.244 e. The standard InChI is InChI=1S/C21H26N2O3/c1-15(2)12-19(13-20(24)23-26)21(25)22-14-16-8-10-18(11-9-16)17-6-4-3-5-7-17/h3-11,15,19,26H,12-14H2,1-2H3,(H,22,25)(H,23,24). The molecule has 1 unspecified atom stereocenters. The molecule has 2 amide bonds. The Morgan fingerprint density at radius 1 is 0.962 bits per heavy atom. The van der Waals surface area contributed by atoms with E-state index in [0.717, 1.165) is 16.7 Å². The summed E-state index contributed by atoms with van der Waals surface area (Å²) < 4.78 is 0. The van der Waals surface area contributed by atoms with Gasteiger partial charge in [0.05, 0.1) is 0 Å². The summed E-state index contributed by atoms with van der Waals surface area (Å²) in [6.45, 7) is 4.40. The number of hydrogen-bond acceptors (Lipinski definition) is 3. The zero-order valence-electron chi connectivity index (χ0n) is 15.2. The Hall–Kier alpha value is -2.66. The fourth-order valence-corrected chi connectivity index (χ4v) is 2.90. The van der Waals surface area contributed by atoms with Crippen molar-refractivity contribution in [2.75, 3.05) is 0 Å². The van der Waals surface area contributed by atoms with Crippen LogP contribution < -0.4 is 10.8 Å². The Bertz CT molecular complexity index is 712. The molecule has 2 aromatic carbocycles. The van der Waals surface area contributed by atoms with Crippen LogP contribution in [0.4, 0.5) is 0 Å². The van der Waals surface area contributed by atoms with Crippen molar-refractivity contribution in [1.29, 1.82) is 0 Å². The molecule has 2 rings (SSSR count). The molecule has 138 valence electrons. The van der Waals surface area contributed by atoms with E-state index in [2.05, 4.69) is 17.4 Å². The van der Waals surface area contributed by atoms with Crippen LogP contribution in [0.2, 0.25) is 0 Å². The maximum absolute atomic E-state index is 12.4. The highest BCUT2D eigenvalue weighted by atomic mass is 16.5. The SMILES string of the molecule is CC(C)CC(CC(=O)NO)C(=O)NCc1ccc(-c2ccccc2)cc1. The van der Waals surface area contributed by atoms with Crippen LogP contribution in [0.15, 0.2) is 54.6 Å². The zero-order valence-corrected chi connectivity index (χ0v) is 15.2. The van der Waals surface area contributed by atoms with Crippen molar-refractivity contribution < 1.29 is 14.8 Å². The highest BCUT2D eigenvalue weighted by Gasteiger charge is 2.22. The molecule has 0 bridgehead atoms. The molecule has 0 aliphatic heterocycles. The topological polar surface area (TPSA) is 78.4 Å². The van der Waals surface area contributed by atoms with Crippen LogP contribution in [0.3, 0.4) is 0 Å². The third-order valence-electron chi connectivity index (χ3n) is 4.21. The quantitative estimate of drug-likeness (QED) is 0.501. The number of rotatable bonds is 8. The maximum atomic E-state index is 12.4. The summed E-state index contributed by atoms with van der Waals surface area (Å²) in [7, 11) is 0. The molecular weight excluding hydrogens is 328 g/mol. The van der Waals surface area contributed by atoms with Crippen LogP contribution in [0.5, 0.6) is 0 Å². The molecule has 0 fully saturated rings. The molecule has 0 saturated heterocycles. The van der Waals surface area contributed by atoms with Crippen LogP contribution in [0, 0.1) is 11.8 Å². The molecule has 0 aromatic heterocycles. The van der Waals surface area contributed by atoms with Gasteiger partial charge in [0.15, 0.2) is 0 Å². The van der Waals surface area contributed by atoms with Crippen LogP contribution >= 0.6 is 0 Å². The summed E-state index contributed by atoms with van der Waals surface area (Å²) in [5.74, 6) is -0.888. The van der Waals surface area contributed by atoms with E-state index in [1.54, 1.807) is 5.48 Å². The molecule has 0 saturated carbocycles. The Morgan fingerprint density at radius 2 is 1.58 bits per heavy atom. The molecule has 0 aliphatic carbocycles. The predicted octanol–water partition coefficient (Wildman–Crippen LogP) is 3.53. The van der Waals surface area contributed by atoms with E-state index in [1.165, 1.54) is 0 Å². The normalized spacial score (nSPS) is 11.8. The van der Waals surface area contributed by atoms with Crippen molar-refractivity contribution >= 4 is 11.8 Å². The van der Waals surface area contributed by atoms with Crippen LogP contribution in [0.25, 0.3) is 11.1 Å². The average molecular weight is 354 g/mol. The molecule has 0 heterocycles. The maximum Gasteiger partial charge on any atom is 0.244 e. The van der Waals surface area contributed by atoms with Crippen molar-refractivity contribution in [3.05, 3.63) is 60.2 Å². The predicted molar refractivity (Wildman–Crippen MR) is 101 cm³/mol. The minimum absolute atomic E-state index is 0.0204. The van der Waals surface area contributed by atoms with Crippen molar-refractivity contribution in [2.24, 2.45) is 11.8 Å². The Kier molecular flexibility index (Phi) is 7.36. The summed E-state index contributed by atoms with van der Waals surface area (Å²) in [6, 6.07) is 18.1. The lowest BCUT2D eigenvalue weighted by molar-refractivity contribution is -0.135. The summed E-state index contributed by atoms with van der Waals surface area (Å²) >= 11 is 0. The number of nitrogens with one attached hydrogen (secondary N) is 2. The lowest BCUT2D eigenvalue weighted by Crippen LogP contribution is -2.34. The molecule has 5 nitrogen and oxygen atoms in total. The van der Waals surface area contributed by atoms with Crippen molar-refractivity contribution in [2.45, 2.75) is 33.2 Å². The molecule has 0 spiro atoms. The minimum atomic E-state index is -0.544. The van der Waals surface area contributed by atoms with Gasteiger partial charge in [-0.15, -0.1) is 0 Å². The van der Waals surface area contributed by atoms with Gasteiger partial charge in [-0.3, -0.25) is 14.8 Å². The highest BCUT2D eigenvalue weighted by Crippen LogP contribution is 2.20. The highest BCUT2D eigenvalue weighted by molar-refractivity contribution is 5.85. The molecule has 0 aliphatic rings. The van der Waals surface area contributed by atoms with Gasteiger partial charge in [0.1, 0.15) is 0 Å². The first kappa shape index (κ1) is 19.7. The number of benzene rings is 2. The molecule has 26 heavy (non-hydrogen) atoms. The van der Waals surface area contributed by atoms with Gasteiger partial charge in [0.2, 0.25) is 11.8 Å². The molecule has 5 heteroatoms. The van der Waals surface area contributed by atoms with Gasteiger partial charge >= 0.3 is 0 Å². The number of carbonyl (C=O) groups is 2.